The van der Waals surface area contributed by atoms with E-state index in [0.29, 0.717) is 15.6 Å². The normalized spacial score (nSPS) is 24.2. The molecule has 4 nitrogen and oxygen atoms in total. The van der Waals surface area contributed by atoms with Gasteiger partial charge in [-0.25, -0.2) is 4.99 Å². The fraction of sp³-hybridized carbons (Fsp3) is 0.412. The van der Waals surface area contributed by atoms with Gasteiger partial charge in [-0.15, -0.1) is 0 Å². The van der Waals surface area contributed by atoms with Crippen molar-refractivity contribution in [1.29, 1.82) is 0 Å². The minimum absolute atomic E-state index is 0.0343. The highest BCUT2D eigenvalue weighted by Gasteiger charge is 2.51. The van der Waals surface area contributed by atoms with E-state index in [0.717, 1.165) is 30.7 Å². The number of allylic oxidation sites excluding steroid dienone is 2. The number of alkyl halides is 3. The van der Waals surface area contributed by atoms with Gasteiger partial charge in [-0.2, -0.15) is 13.2 Å². The number of rotatable bonds is 5. The van der Waals surface area contributed by atoms with Crippen LogP contribution in [0.15, 0.2) is 45.5 Å². The number of pyridine rings is 1. The first-order valence-corrected chi connectivity index (χ1v) is 10.3. The summed E-state index contributed by atoms with van der Waals surface area (Å²) in [6, 6.07) is 3.30. The molecule has 3 atom stereocenters. The van der Waals surface area contributed by atoms with E-state index in [-0.39, 0.29) is 16.4 Å². The highest BCUT2D eigenvalue weighted by atomic mass is 32.2. The standard InChI is InChI=1S/C17H18F3N3OS2/c1-2-3-7-26(24)16-14(21)13-11(17(18,19)20)8-12(23-15(13)25-16)10-5-4-6-22-9-10/h4-6,8-9,11,13H,2-3,7,21H2,1H3. The molecule has 0 amide bonds. The van der Waals surface area contributed by atoms with Gasteiger partial charge in [0.25, 0.3) is 0 Å². The molecule has 0 saturated carbocycles. The van der Waals surface area contributed by atoms with Crippen LogP contribution in [0.25, 0.3) is 5.70 Å². The maximum atomic E-state index is 13.7. The highest BCUT2D eigenvalue weighted by molar-refractivity contribution is 8.26. The second-order valence-corrected chi connectivity index (χ2v) is 8.83. The van der Waals surface area contributed by atoms with Gasteiger partial charge in [0.1, 0.15) is 0 Å². The second kappa shape index (κ2) is 7.56. The third kappa shape index (κ3) is 3.73. The SMILES string of the molecule is CCCCS(=O)C1=C(N)C2C(=NC(c3cccnc3)=CC2C(F)(F)F)S1. The number of thioether (sulfide) groups is 1. The van der Waals surface area contributed by atoms with Crippen molar-refractivity contribution in [3.05, 3.63) is 46.1 Å². The van der Waals surface area contributed by atoms with Gasteiger partial charge in [0, 0.05) is 29.4 Å². The lowest BCUT2D eigenvalue weighted by molar-refractivity contribution is -0.165. The summed E-state index contributed by atoms with van der Waals surface area (Å²) in [5, 5.41) is 0.256. The zero-order chi connectivity index (χ0) is 18.9. The van der Waals surface area contributed by atoms with Crippen molar-refractivity contribution in [1.82, 2.24) is 4.98 Å². The van der Waals surface area contributed by atoms with Crippen LogP contribution >= 0.6 is 11.8 Å². The van der Waals surface area contributed by atoms with Crippen molar-refractivity contribution in [3.8, 4) is 0 Å². The molecule has 0 saturated heterocycles. The molecule has 3 rings (SSSR count). The first-order chi connectivity index (χ1) is 12.3. The van der Waals surface area contributed by atoms with Crippen LogP contribution in [-0.4, -0.2) is 26.2 Å². The lowest BCUT2D eigenvalue weighted by Crippen LogP contribution is -2.36. The summed E-state index contributed by atoms with van der Waals surface area (Å²) < 4.78 is 53.9. The molecule has 0 fully saturated rings. The number of hydrogen-bond donors (Lipinski definition) is 1. The molecular weight excluding hydrogens is 383 g/mol. The van der Waals surface area contributed by atoms with E-state index in [9.17, 15) is 17.4 Å². The smallest absolute Gasteiger partial charge is 0.396 e. The summed E-state index contributed by atoms with van der Waals surface area (Å²) in [6.45, 7) is 1.96. The number of aromatic nitrogens is 1. The summed E-state index contributed by atoms with van der Waals surface area (Å²) in [6.07, 6.45) is 1.21. The predicted molar refractivity (Wildman–Crippen MR) is 99.4 cm³/mol. The Morgan fingerprint density at radius 2 is 2.15 bits per heavy atom. The van der Waals surface area contributed by atoms with Gasteiger partial charge in [0.15, 0.2) is 0 Å². The van der Waals surface area contributed by atoms with Crippen LogP contribution in [0.2, 0.25) is 0 Å². The van der Waals surface area contributed by atoms with E-state index in [1.165, 1.54) is 6.20 Å². The zero-order valence-electron chi connectivity index (χ0n) is 14.0. The zero-order valence-corrected chi connectivity index (χ0v) is 15.6. The quantitative estimate of drug-likeness (QED) is 0.808. The molecule has 3 unspecified atom stereocenters. The fourth-order valence-corrected chi connectivity index (χ4v) is 5.83. The summed E-state index contributed by atoms with van der Waals surface area (Å²) in [5.74, 6) is -2.50. The maximum Gasteiger partial charge on any atom is 0.396 e. The number of unbranched alkanes of at least 4 members (excludes halogenated alkanes) is 1. The molecule has 2 aliphatic heterocycles. The van der Waals surface area contributed by atoms with Gasteiger partial charge in [-0.3, -0.25) is 9.19 Å². The Labute approximate surface area is 156 Å². The van der Waals surface area contributed by atoms with Crippen LogP contribution < -0.4 is 5.73 Å². The van der Waals surface area contributed by atoms with Gasteiger partial charge >= 0.3 is 6.18 Å². The average Bonchev–Trinajstić information content (AvgIpc) is 2.95. The van der Waals surface area contributed by atoms with Gasteiger partial charge in [-0.05, 0) is 24.6 Å². The van der Waals surface area contributed by atoms with Crippen LogP contribution in [-0.2, 0) is 10.8 Å². The Hall–Kier alpha value is -1.61. The Morgan fingerprint density at radius 1 is 1.38 bits per heavy atom. The first-order valence-electron chi connectivity index (χ1n) is 8.16. The lowest BCUT2D eigenvalue weighted by Gasteiger charge is -2.28. The third-order valence-corrected chi connectivity index (χ3v) is 7.28. The molecule has 9 heteroatoms. The lowest BCUT2D eigenvalue weighted by atomic mass is 9.87. The monoisotopic (exact) mass is 401 g/mol. The summed E-state index contributed by atoms with van der Waals surface area (Å²) >= 11 is 1.02. The average molecular weight is 401 g/mol. The van der Waals surface area contributed by atoms with Crippen molar-refractivity contribution in [2.24, 2.45) is 22.6 Å². The maximum absolute atomic E-state index is 13.7. The van der Waals surface area contributed by atoms with Crippen molar-refractivity contribution >= 4 is 33.3 Å². The molecule has 0 bridgehead atoms. The van der Waals surface area contributed by atoms with Crippen LogP contribution in [0.5, 0.6) is 0 Å². The third-order valence-electron chi connectivity index (χ3n) is 4.19. The molecular formula is C17H18F3N3OS2. The first kappa shape index (κ1) is 19.2. The molecule has 0 aliphatic carbocycles. The highest BCUT2D eigenvalue weighted by Crippen LogP contribution is 2.50. The molecule has 1 aromatic heterocycles. The van der Waals surface area contributed by atoms with E-state index in [2.05, 4.69) is 9.98 Å². The van der Waals surface area contributed by atoms with Crippen molar-refractivity contribution < 1.29 is 17.4 Å². The van der Waals surface area contributed by atoms with E-state index < -0.39 is 28.8 Å². The van der Waals surface area contributed by atoms with Crippen LogP contribution in [0.4, 0.5) is 13.2 Å². The minimum Gasteiger partial charge on any atom is -0.400 e. The molecule has 3 heterocycles. The van der Waals surface area contributed by atoms with E-state index in [1.807, 2.05) is 6.92 Å². The second-order valence-electron chi connectivity index (χ2n) is 6.04. The number of fused-ring (bicyclic) bond motifs is 1. The molecule has 2 N–H and O–H groups in total. The number of nitrogens with two attached hydrogens (primary N) is 1. The van der Waals surface area contributed by atoms with E-state index in [4.69, 9.17) is 5.73 Å². The number of hydrogen-bond acceptors (Lipinski definition) is 5. The van der Waals surface area contributed by atoms with Crippen molar-refractivity contribution in [2.75, 3.05) is 5.75 Å². The Morgan fingerprint density at radius 3 is 2.77 bits per heavy atom. The summed E-state index contributed by atoms with van der Waals surface area (Å²) in [5.41, 5.74) is 6.78. The predicted octanol–water partition coefficient (Wildman–Crippen LogP) is 4.05. The van der Waals surface area contributed by atoms with Crippen LogP contribution in [0.3, 0.4) is 0 Å². The Bertz CT molecular complexity index is 803. The molecule has 2 aliphatic rings. The molecule has 0 aromatic carbocycles. The Balaban J connectivity index is 1.99. The van der Waals surface area contributed by atoms with Gasteiger partial charge < -0.3 is 5.73 Å². The summed E-state index contributed by atoms with van der Waals surface area (Å²) in [7, 11) is -1.41. The molecule has 0 spiro atoms. The number of nitrogens with zero attached hydrogens (tertiary/aromatic N) is 2. The fourth-order valence-electron chi connectivity index (χ4n) is 2.84. The number of aliphatic imine (C=N–C) groups is 1. The van der Waals surface area contributed by atoms with Gasteiger partial charge in [0.2, 0.25) is 0 Å². The summed E-state index contributed by atoms with van der Waals surface area (Å²) in [4.78, 5) is 8.33. The number of halogens is 3. The van der Waals surface area contributed by atoms with E-state index in [1.54, 1.807) is 18.3 Å². The van der Waals surface area contributed by atoms with Crippen molar-refractivity contribution in [2.45, 2.75) is 25.9 Å². The van der Waals surface area contributed by atoms with Crippen LogP contribution in [0, 0.1) is 11.8 Å². The molecule has 26 heavy (non-hydrogen) atoms. The van der Waals surface area contributed by atoms with Crippen molar-refractivity contribution in [3.63, 3.8) is 0 Å². The van der Waals surface area contributed by atoms with E-state index >= 15 is 0 Å². The Kier molecular flexibility index (Phi) is 5.57. The minimum atomic E-state index is -4.48. The van der Waals surface area contributed by atoms with Gasteiger partial charge in [0.05, 0.1) is 37.6 Å². The molecule has 140 valence electrons. The van der Waals surface area contributed by atoms with Gasteiger partial charge in [-0.1, -0.05) is 25.1 Å². The molecule has 0 radical (unpaired) electrons. The largest absolute Gasteiger partial charge is 0.400 e. The van der Waals surface area contributed by atoms with Crippen LogP contribution in [0.1, 0.15) is 25.3 Å². The topological polar surface area (TPSA) is 68.3 Å². The molecule has 1 aromatic rings.